The van der Waals surface area contributed by atoms with E-state index in [0.29, 0.717) is 11.3 Å². The van der Waals surface area contributed by atoms with Gasteiger partial charge in [0, 0.05) is 11.3 Å². The molecule has 0 atom stereocenters. The van der Waals surface area contributed by atoms with E-state index in [-0.39, 0.29) is 17.1 Å². The summed E-state index contributed by atoms with van der Waals surface area (Å²) in [7, 11) is 0. The summed E-state index contributed by atoms with van der Waals surface area (Å²) in [6.07, 6.45) is 8.19. The molecular weight excluding hydrogens is 382 g/mol. The fraction of sp³-hybridized carbons (Fsp3) is 0.250. The van der Waals surface area contributed by atoms with Gasteiger partial charge in [-0.25, -0.2) is 0 Å². The molecular formula is C28H29NO2. The van der Waals surface area contributed by atoms with Crippen LogP contribution in [0.4, 0.5) is 5.69 Å². The number of rotatable bonds is 4. The lowest BCUT2D eigenvalue weighted by Crippen LogP contribution is -2.18. The number of benzene rings is 3. The van der Waals surface area contributed by atoms with E-state index in [4.69, 9.17) is 0 Å². The minimum atomic E-state index is -0.168. The second-order valence-corrected chi connectivity index (χ2v) is 9.09. The zero-order valence-electron chi connectivity index (χ0n) is 18.4. The summed E-state index contributed by atoms with van der Waals surface area (Å²) in [6.45, 7) is 6.92. The second kappa shape index (κ2) is 8.43. The summed E-state index contributed by atoms with van der Waals surface area (Å²) in [5, 5.41) is 14.4. The van der Waals surface area contributed by atoms with Crippen molar-refractivity contribution in [3.63, 3.8) is 0 Å². The van der Waals surface area contributed by atoms with Crippen molar-refractivity contribution < 1.29 is 9.90 Å². The van der Waals surface area contributed by atoms with Crippen LogP contribution in [0.15, 0.2) is 77.9 Å². The van der Waals surface area contributed by atoms with E-state index in [1.807, 2.05) is 18.2 Å². The molecule has 1 aliphatic rings. The molecule has 0 bridgehead atoms. The molecule has 0 heterocycles. The maximum Gasteiger partial charge on any atom is 0.255 e. The molecule has 1 aliphatic carbocycles. The van der Waals surface area contributed by atoms with Crippen LogP contribution in [0.1, 0.15) is 56.0 Å². The van der Waals surface area contributed by atoms with Crippen molar-refractivity contribution in [3.05, 3.63) is 89.0 Å². The standard InChI is InChI=1S/C28H29NO2/c1-19-5-4-16-28(2,3)26(19)15-7-20-6-8-22-18-23(10-9-21(22)17-20)27(31)29-24-11-13-25(30)14-12-24/h6-15,17-18,30H,4-5,16H2,1-3H3,(H,29,31). The quantitative estimate of drug-likeness (QED) is 0.441. The number of carbonyl (C=O) groups is 1. The summed E-state index contributed by atoms with van der Waals surface area (Å²) < 4.78 is 0. The van der Waals surface area contributed by atoms with Crippen LogP contribution in [-0.2, 0) is 0 Å². The van der Waals surface area contributed by atoms with E-state index >= 15 is 0 Å². The molecule has 1 amide bonds. The van der Waals surface area contributed by atoms with Gasteiger partial charge in [-0.3, -0.25) is 4.79 Å². The number of amides is 1. The molecule has 0 spiro atoms. The van der Waals surface area contributed by atoms with Crippen molar-refractivity contribution in [3.8, 4) is 5.75 Å². The van der Waals surface area contributed by atoms with Crippen LogP contribution >= 0.6 is 0 Å². The van der Waals surface area contributed by atoms with Crippen LogP contribution in [0.2, 0.25) is 0 Å². The summed E-state index contributed by atoms with van der Waals surface area (Å²) in [5.74, 6) is 0.00515. The summed E-state index contributed by atoms with van der Waals surface area (Å²) in [6, 6.07) is 18.6. The zero-order valence-corrected chi connectivity index (χ0v) is 18.4. The predicted molar refractivity (Wildman–Crippen MR) is 129 cm³/mol. The highest BCUT2D eigenvalue weighted by molar-refractivity contribution is 6.06. The molecule has 0 saturated heterocycles. The largest absolute Gasteiger partial charge is 0.508 e. The first-order valence-corrected chi connectivity index (χ1v) is 10.8. The molecule has 0 radical (unpaired) electrons. The van der Waals surface area contributed by atoms with Gasteiger partial charge >= 0.3 is 0 Å². The SMILES string of the molecule is CC1=C(C=Cc2ccc3cc(C(=O)Nc4ccc(O)cc4)ccc3c2)C(C)(C)CCC1. The van der Waals surface area contributed by atoms with Crippen molar-refractivity contribution in [1.29, 1.82) is 0 Å². The van der Waals surface area contributed by atoms with Gasteiger partial charge in [0.05, 0.1) is 0 Å². The molecule has 0 saturated carbocycles. The number of carbonyl (C=O) groups excluding carboxylic acids is 1. The van der Waals surface area contributed by atoms with Crippen molar-refractivity contribution in [2.75, 3.05) is 5.32 Å². The molecule has 0 aromatic heterocycles. The summed E-state index contributed by atoms with van der Waals surface area (Å²) in [4.78, 5) is 12.6. The number of allylic oxidation sites excluding steroid dienone is 3. The van der Waals surface area contributed by atoms with Crippen LogP contribution in [-0.4, -0.2) is 11.0 Å². The number of hydrogen-bond acceptors (Lipinski definition) is 2. The van der Waals surface area contributed by atoms with E-state index in [9.17, 15) is 9.90 Å². The molecule has 3 nitrogen and oxygen atoms in total. The van der Waals surface area contributed by atoms with E-state index in [1.165, 1.54) is 30.4 Å². The summed E-state index contributed by atoms with van der Waals surface area (Å²) >= 11 is 0. The Hall–Kier alpha value is -3.33. The van der Waals surface area contributed by atoms with Gasteiger partial charge in [-0.05, 0) is 96.0 Å². The van der Waals surface area contributed by atoms with E-state index in [1.54, 1.807) is 24.3 Å². The molecule has 3 aromatic carbocycles. The van der Waals surface area contributed by atoms with Crippen LogP contribution in [0, 0.1) is 5.41 Å². The van der Waals surface area contributed by atoms with Crippen LogP contribution in [0.3, 0.4) is 0 Å². The molecule has 4 rings (SSSR count). The molecule has 0 fully saturated rings. The maximum absolute atomic E-state index is 12.6. The minimum absolute atomic E-state index is 0.168. The third-order valence-electron chi connectivity index (χ3n) is 6.24. The average molecular weight is 412 g/mol. The number of aromatic hydroxyl groups is 1. The van der Waals surface area contributed by atoms with E-state index in [0.717, 1.165) is 16.3 Å². The van der Waals surface area contributed by atoms with Gasteiger partial charge in [0.15, 0.2) is 0 Å². The Labute approximate surface area is 184 Å². The van der Waals surface area contributed by atoms with Gasteiger partial charge in [0.25, 0.3) is 5.91 Å². The van der Waals surface area contributed by atoms with Gasteiger partial charge in [-0.1, -0.05) is 49.8 Å². The Morgan fingerprint density at radius 3 is 2.42 bits per heavy atom. The highest BCUT2D eigenvalue weighted by Crippen LogP contribution is 2.41. The van der Waals surface area contributed by atoms with Gasteiger partial charge in [-0.2, -0.15) is 0 Å². The molecule has 3 aromatic rings. The molecule has 31 heavy (non-hydrogen) atoms. The van der Waals surface area contributed by atoms with Gasteiger partial charge < -0.3 is 10.4 Å². The number of nitrogens with one attached hydrogen (secondary N) is 1. The number of anilines is 1. The van der Waals surface area contributed by atoms with E-state index < -0.39 is 0 Å². The topological polar surface area (TPSA) is 49.3 Å². The van der Waals surface area contributed by atoms with Gasteiger partial charge in [0.2, 0.25) is 0 Å². The van der Waals surface area contributed by atoms with E-state index in [2.05, 4.69) is 56.4 Å². The Morgan fingerprint density at radius 2 is 1.68 bits per heavy atom. The Balaban J connectivity index is 1.54. The van der Waals surface area contributed by atoms with Crippen molar-refractivity contribution in [2.45, 2.75) is 40.0 Å². The first-order chi connectivity index (χ1) is 14.8. The highest BCUT2D eigenvalue weighted by atomic mass is 16.3. The monoisotopic (exact) mass is 411 g/mol. The van der Waals surface area contributed by atoms with Crippen molar-refractivity contribution in [1.82, 2.24) is 0 Å². The van der Waals surface area contributed by atoms with Crippen LogP contribution in [0.5, 0.6) is 5.75 Å². The number of phenolic OH excluding ortho intramolecular Hbond substituents is 1. The van der Waals surface area contributed by atoms with Crippen LogP contribution in [0.25, 0.3) is 16.8 Å². The second-order valence-electron chi connectivity index (χ2n) is 9.09. The lowest BCUT2D eigenvalue weighted by atomic mass is 9.72. The molecule has 158 valence electrons. The van der Waals surface area contributed by atoms with Crippen molar-refractivity contribution in [2.24, 2.45) is 5.41 Å². The van der Waals surface area contributed by atoms with Gasteiger partial charge in [-0.15, -0.1) is 0 Å². The predicted octanol–water partition coefficient (Wildman–Crippen LogP) is 7.34. The maximum atomic E-state index is 12.6. The Morgan fingerprint density at radius 1 is 0.968 bits per heavy atom. The zero-order chi connectivity index (χ0) is 22.0. The van der Waals surface area contributed by atoms with Crippen LogP contribution < -0.4 is 5.32 Å². The fourth-order valence-electron chi connectivity index (χ4n) is 4.45. The number of fused-ring (bicyclic) bond motifs is 1. The molecule has 3 heteroatoms. The fourth-order valence-corrected chi connectivity index (χ4v) is 4.45. The first kappa shape index (κ1) is 20.9. The molecule has 0 unspecified atom stereocenters. The number of phenols is 1. The Bertz CT molecular complexity index is 1180. The molecule has 0 aliphatic heterocycles. The third kappa shape index (κ3) is 4.72. The molecule has 2 N–H and O–H groups in total. The number of hydrogen-bond donors (Lipinski definition) is 2. The van der Waals surface area contributed by atoms with Gasteiger partial charge in [0.1, 0.15) is 5.75 Å². The normalized spacial score (nSPS) is 16.1. The average Bonchev–Trinajstić information content (AvgIpc) is 2.74. The first-order valence-electron chi connectivity index (χ1n) is 10.8. The smallest absolute Gasteiger partial charge is 0.255 e. The minimum Gasteiger partial charge on any atom is -0.508 e. The third-order valence-corrected chi connectivity index (χ3v) is 6.24. The Kier molecular flexibility index (Phi) is 5.69. The lowest BCUT2D eigenvalue weighted by Gasteiger charge is -2.32. The highest BCUT2D eigenvalue weighted by Gasteiger charge is 2.26. The summed E-state index contributed by atoms with van der Waals surface area (Å²) in [5.41, 5.74) is 5.61. The lowest BCUT2D eigenvalue weighted by molar-refractivity contribution is 0.102. The van der Waals surface area contributed by atoms with Crippen molar-refractivity contribution >= 4 is 28.4 Å².